The summed E-state index contributed by atoms with van der Waals surface area (Å²) in [6.45, 7) is 3.45. The van der Waals surface area contributed by atoms with Gasteiger partial charge in [0, 0.05) is 5.92 Å². The molecule has 0 aromatic carbocycles. The van der Waals surface area contributed by atoms with Gasteiger partial charge in [0.2, 0.25) is 6.43 Å². The van der Waals surface area contributed by atoms with Crippen molar-refractivity contribution in [1.29, 1.82) is 0 Å². The molecule has 2 atom stereocenters. The number of hydrogen-bond donors (Lipinski definition) is 1. The molecule has 0 aromatic heterocycles. The minimum absolute atomic E-state index is 0.0743. The summed E-state index contributed by atoms with van der Waals surface area (Å²) < 4.78 is 25.7. The van der Waals surface area contributed by atoms with E-state index in [0.717, 1.165) is 32.1 Å². The summed E-state index contributed by atoms with van der Waals surface area (Å²) in [4.78, 5) is 0. The molecule has 0 aromatic rings. The van der Waals surface area contributed by atoms with Crippen LogP contribution in [0.2, 0.25) is 0 Å². The first-order chi connectivity index (χ1) is 7.52. The molecule has 1 aliphatic rings. The van der Waals surface area contributed by atoms with Crippen molar-refractivity contribution in [2.45, 2.75) is 70.8 Å². The lowest BCUT2D eigenvalue weighted by Crippen LogP contribution is -2.47. The maximum Gasteiger partial charge on any atom is 0.243 e. The molecule has 1 rings (SSSR count). The Balaban J connectivity index is 2.76. The van der Waals surface area contributed by atoms with Crippen molar-refractivity contribution in [3.05, 3.63) is 0 Å². The van der Waals surface area contributed by atoms with Gasteiger partial charge in [-0.2, -0.15) is 0 Å². The van der Waals surface area contributed by atoms with E-state index < -0.39 is 17.9 Å². The summed E-state index contributed by atoms with van der Waals surface area (Å²) in [6.07, 6.45) is 4.01. The van der Waals surface area contributed by atoms with Crippen LogP contribution in [0.1, 0.15) is 58.8 Å². The Morgan fingerprint density at radius 2 is 1.81 bits per heavy atom. The second kappa shape index (κ2) is 5.95. The van der Waals surface area contributed by atoms with E-state index >= 15 is 0 Å². The minimum atomic E-state index is -2.42. The number of aliphatic hydroxyl groups is 1. The minimum Gasteiger partial charge on any atom is -0.389 e. The van der Waals surface area contributed by atoms with E-state index in [-0.39, 0.29) is 5.92 Å². The average Bonchev–Trinajstić information content (AvgIpc) is 2.29. The number of alkyl halides is 2. The van der Waals surface area contributed by atoms with Gasteiger partial charge in [-0.1, -0.05) is 39.5 Å². The highest BCUT2D eigenvalue weighted by molar-refractivity contribution is 4.92. The van der Waals surface area contributed by atoms with Crippen LogP contribution >= 0.6 is 0 Å². The standard InChI is InChI=1S/C13H24F2O/c1-3-9-13(16,10(2)12(14)15)11-7-5-4-6-8-11/h10-12,16H,3-9H2,1-2H3. The first-order valence-electron chi connectivity index (χ1n) is 6.53. The summed E-state index contributed by atoms with van der Waals surface area (Å²) in [7, 11) is 0. The van der Waals surface area contributed by atoms with E-state index in [1.54, 1.807) is 0 Å². The van der Waals surface area contributed by atoms with Crippen molar-refractivity contribution < 1.29 is 13.9 Å². The van der Waals surface area contributed by atoms with Crippen molar-refractivity contribution in [3.8, 4) is 0 Å². The van der Waals surface area contributed by atoms with Gasteiger partial charge in [0.15, 0.2) is 0 Å². The first kappa shape index (κ1) is 13.9. The van der Waals surface area contributed by atoms with Crippen LogP contribution in [0.4, 0.5) is 8.78 Å². The van der Waals surface area contributed by atoms with Gasteiger partial charge < -0.3 is 5.11 Å². The fourth-order valence-electron chi connectivity index (χ4n) is 3.02. The van der Waals surface area contributed by atoms with Crippen LogP contribution in [0.3, 0.4) is 0 Å². The quantitative estimate of drug-likeness (QED) is 0.762. The van der Waals surface area contributed by atoms with Crippen LogP contribution in [-0.2, 0) is 0 Å². The summed E-state index contributed by atoms with van der Waals surface area (Å²) in [6, 6.07) is 0. The predicted octanol–water partition coefficient (Wildman–Crippen LogP) is 4.00. The zero-order valence-corrected chi connectivity index (χ0v) is 10.4. The van der Waals surface area contributed by atoms with Crippen molar-refractivity contribution in [3.63, 3.8) is 0 Å². The van der Waals surface area contributed by atoms with E-state index in [1.165, 1.54) is 13.3 Å². The third kappa shape index (κ3) is 2.93. The van der Waals surface area contributed by atoms with E-state index in [4.69, 9.17) is 0 Å². The normalized spacial score (nSPS) is 24.4. The smallest absolute Gasteiger partial charge is 0.243 e. The molecule has 16 heavy (non-hydrogen) atoms. The van der Waals surface area contributed by atoms with E-state index in [0.29, 0.717) is 6.42 Å². The zero-order valence-electron chi connectivity index (χ0n) is 10.4. The first-order valence-corrected chi connectivity index (χ1v) is 6.53. The molecule has 2 unspecified atom stereocenters. The van der Waals surface area contributed by atoms with Gasteiger partial charge >= 0.3 is 0 Å². The SMILES string of the molecule is CCCC(O)(C1CCCCC1)C(C)C(F)F. The zero-order chi connectivity index (χ0) is 12.2. The monoisotopic (exact) mass is 234 g/mol. The Morgan fingerprint density at radius 3 is 2.25 bits per heavy atom. The molecule has 96 valence electrons. The van der Waals surface area contributed by atoms with Crippen molar-refractivity contribution in [1.82, 2.24) is 0 Å². The van der Waals surface area contributed by atoms with Gasteiger partial charge in [-0.25, -0.2) is 8.78 Å². The Hall–Kier alpha value is -0.180. The molecule has 1 fully saturated rings. The van der Waals surface area contributed by atoms with Crippen LogP contribution in [-0.4, -0.2) is 17.1 Å². The molecule has 1 nitrogen and oxygen atoms in total. The molecule has 0 saturated heterocycles. The van der Waals surface area contributed by atoms with Crippen LogP contribution in [0.15, 0.2) is 0 Å². The van der Waals surface area contributed by atoms with Gasteiger partial charge in [-0.15, -0.1) is 0 Å². The summed E-state index contributed by atoms with van der Waals surface area (Å²) in [5.41, 5.74) is -1.15. The topological polar surface area (TPSA) is 20.2 Å². The Morgan fingerprint density at radius 1 is 1.25 bits per heavy atom. The van der Waals surface area contributed by atoms with Crippen molar-refractivity contribution in [2.75, 3.05) is 0 Å². The van der Waals surface area contributed by atoms with E-state index in [1.807, 2.05) is 6.92 Å². The maximum atomic E-state index is 12.8. The van der Waals surface area contributed by atoms with Gasteiger partial charge in [-0.3, -0.25) is 0 Å². The third-order valence-electron chi connectivity index (χ3n) is 4.13. The molecule has 0 radical (unpaired) electrons. The fraction of sp³-hybridized carbons (Fsp3) is 1.00. The van der Waals surface area contributed by atoms with Crippen LogP contribution in [0, 0.1) is 11.8 Å². The lowest BCUT2D eigenvalue weighted by Gasteiger charge is -2.42. The number of halogens is 2. The Kier molecular flexibility index (Phi) is 5.16. The number of rotatable bonds is 5. The average molecular weight is 234 g/mol. The second-order valence-corrected chi connectivity index (χ2v) is 5.20. The predicted molar refractivity (Wildman–Crippen MR) is 61.6 cm³/mol. The van der Waals surface area contributed by atoms with Crippen molar-refractivity contribution in [2.24, 2.45) is 11.8 Å². The highest BCUT2D eigenvalue weighted by Crippen LogP contribution is 2.41. The van der Waals surface area contributed by atoms with Crippen LogP contribution in [0.5, 0.6) is 0 Å². The third-order valence-corrected chi connectivity index (χ3v) is 4.13. The molecule has 1 aliphatic carbocycles. The molecule has 0 bridgehead atoms. The Labute approximate surface area is 97.2 Å². The van der Waals surface area contributed by atoms with E-state index in [2.05, 4.69) is 0 Å². The lowest BCUT2D eigenvalue weighted by molar-refractivity contribution is -0.126. The molecule has 0 heterocycles. The lowest BCUT2D eigenvalue weighted by atomic mass is 9.69. The van der Waals surface area contributed by atoms with Crippen LogP contribution < -0.4 is 0 Å². The molecule has 1 saturated carbocycles. The van der Waals surface area contributed by atoms with Gasteiger partial charge in [0.25, 0.3) is 0 Å². The highest BCUT2D eigenvalue weighted by Gasteiger charge is 2.44. The van der Waals surface area contributed by atoms with E-state index in [9.17, 15) is 13.9 Å². The molecule has 1 N–H and O–H groups in total. The largest absolute Gasteiger partial charge is 0.389 e. The molecule has 0 amide bonds. The summed E-state index contributed by atoms with van der Waals surface area (Å²) in [5, 5.41) is 10.6. The van der Waals surface area contributed by atoms with Gasteiger partial charge in [-0.05, 0) is 25.2 Å². The molecular weight excluding hydrogens is 210 g/mol. The summed E-state index contributed by atoms with van der Waals surface area (Å²) in [5.74, 6) is -0.833. The van der Waals surface area contributed by atoms with Gasteiger partial charge in [0.1, 0.15) is 0 Å². The second-order valence-electron chi connectivity index (χ2n) is 5.20. The number of hydrogen-bond acceptors (Lipinski definition) is 1. The highest BCUT2D eigenvalue weighted by atomic mass is 19.3. The molecule has 0 spiro atoms. The fourth-order valence-corrected chi connectivity index (χ4v) is 3.02. The molecule has 0 aliphatic heterocycles. The molecular formula is C13H24F2O. The maximum absolute atomic E-state index is 12.8. The molecule has 3 heteroatoms. The van der Waals surface area contributed by atoms with Crippen molar-refractivity contribution >= 4 is 0 Å². The summed E-state index contributed by atoms with van der Waals surface area (Å²) >= 11 is 0. The van der Waals surface area contributed by atoms with Crippen LogP contribution in [0.25, 0.3) is 0 Å². The Bertz CT molecular complexity index is 202. The van der Waals surface area contributed by atoms with Gasteiger partial charge in [0.05, 0.1) is 5.60 Å².